The Bertz CT molecular complexity index is 444. The summed E-state index contributed by atoms with van der Waals surface area (Å²) in [5, 5.41) is 13.6. The van der Waals surface area contributed by atoms with E-state index in [-0.39, 0.29) is 5.69 Å². The molecule has 0 fully saturated rings. The average molecular weight is 224 g/mol. The number of nitro benzene ring substituents is 1. The second kappa shape index (κ2) is 4.74. The van der Waals surface area contributed by atoms with Gasteiger partial charge in [0.2, 0.25) is 0 Å². The molecule has 0 heterocycles. The molecule has 4 nitrogen and oxygen atoms in total. The van der Waals surface area contributed by atoms with Crippen molar-refractivity contribution in [2.45, 2.75) is 13.8 Å². The Morgan fingerprint density at radius 1 is 1.62 bits per heavy atom. The molecule has 0 aliphatic carbocycles. The first kappa shape index (κ1) is 12.2. The molecule has 0 unspecified atom stereocenters. The molecule has 1 aromatic rings. The molecule has 0 radical (unpaired) electrons. The maximum absolute atomic E-state index is 13.2. The molecule has 0 saturated carbocycles. The van der Waals surface area contributed by atoms with Crippen molar-refractivity contribution in [1.82, 2.24) is 0 Å². The summed E-state index contributed by atoms with van der Waals surface area (Å²) in [5.74, 6) is -0.576. The fourth-order valence-electron chi connectivity index (χ4n) is 1.21. The minimum atomic E-state index is -0.608. The first-order valence-electron chi connectivity index (χ1n) is 4.74. The molecule has 0 saturated heterocycles. The molecule has 0 atom stereocenters. The van der Waals surface area contributed by atoms with Gasteiger partial charge < -0.3 is 5.32 Å². The number of aryl methyl sites for hydroxylation is 1. The molecule has 0 bridgehead atoms. The van der Waals surface area contributed by atoms with Crippen LogP contribution in [0.1, 0.15) is 12.5 Å². The highest BCUT2D eigenvalue weighted by Gasteiger charge is 2.16. The van der Waals surface area contributed by atoms with Crippen LogP contribution in [0.2, 0.25) is 0 Å². The zero-order valence-electron chi connectivity index (χ0n) is 9.21. The molecule has 0 aromatic heterocycles. The van der Waals surface area contributed by atoms with Gasteiger partial charge in [0.1, 0.15) is 11.5 Å². The first-order chi connectivity index (χ1) is 7.41. The molecular weight excluding hydrogens is 211 g/mol. The van der Waals surface area contributed by atoms with Gasteiger partial charge in [-0.3, -0.25) is 10.1 Å². The van der Waals surface area contributed by atoms with Gasteiger partial charge in [-0.2, -0.15) is 0 Å². The summed E-state index contributed by atoms with van der Waals surface area (Å²) in [6.07, 6.45) is 0. The Labute approximate surface area is 92.9 Å². The van der Waals surface area contributed by atoms with Crippen LogP contribution in [0.5, 0.6) is 0 Å². The lowest BCUT2D eigenvalue weighted by molar-refractivity contribution is -0.384. The van der Waals surface area contributed by atoms with Crippen LogP contribution in [0.4, 0.5) is 15.8 Å². The Balaban J connectivity index is 3.09. The Morgan fingerprint density at radius 2 is 2.25 bits per heavy atom. The predicted molar refractivity (Wildman–Crippen MR) is 61.1 cm³/mol. The van der Waals surface area contributed by atoms with E-state index in [0.29, 0.717) is 17.8 Å². The second-order valence-electron chi connectivity index (χ2n) is 3.69. The SMILES string of the molecule is C=C(C)CNc1cc(C)c(F)cc1[N+](=O)[O-]. The summed E-state index contributed by atoms with van der Waals surface area (Å²) in [7, 11) is 0. The van der Waals surface area contributed by atoms with Crippen LogP contribution in [-0.4, -0.2) is 11.5 Å². The second-order valence-corrected chi connectivity index (χ2v) is 3.69. The highest BCUT2D eigenvalue weighted by molar-refractivity contribution is 5.63. The molecule has 16 heavy (non-hydrogen) atoms. The van der Waals surface area contributed by atoms with Gasteiger partial charge >= 0.3 is 0 Å². The lowest BCUT2D eigenvalue weighted by Gasteiger charge is -2.08. The Morgan fingerprint density at radius 3 is 2.75 bits per heavy atom. The molecule has 5 heteroatoms. The first-order valence-corrected chi connectivity index (χ1v) is 4.74. The Kier molecular flexibility index (Phi) is 3.60. The highest BCUT2D eigenvalue weighted by Crippen LogP contribution is 2.27. The number of hydrogen-bond acceptors (Lipinski definition) is 3. The van der Waals surface area contributed by atoms with Gasteiger partial charge in [0.05, 0.1) is 11.0 Å². The third-order valence-corrected chi connectivity index (χ3v) is 2.05. The average Bonchev–Trinajstić information content (AvgIpc) is 2.18. The third kappa shape index (κ3) is 2.79. The number of nitrogens with one attached hydrogen (secondary N) is 1. The van der Waals surface area contributed by atoms with Crippen molar-refractivity contribution in [2.75, 3.05) is 11.9 Å². The van der Waals surface area contributed by atoms with Crippen LogP contribution in [0.15, 0.2) is 24.3 Å². The molecular formula is C11H13FN2O2. The lowest BCUT2D eigenvalue weighted by Crippen LogP contribution is -2.05. The van der Waals surface area contributed by atoms with Crippen molar-refractivity contribution in [3.63, 3.8) is 0 Å². The van der Waals surface area contributed by atoms with Crippen LogP contribution in [0.25, 0.3) is 0 Å². The minimum Gasteiger partial charge on any atom is -0.376 e. The van der Waals surface area contributed by atoms with Crippen molar-refractivity contribution < 1.29 is 9.31 Å². The van der Waals surface area contributed by atoms with Crippen molar-refractivity contribution >= 4 is 11.4 Å². The summed E-state index contributed by atoms with van der Waals surface area (Å²) >= 11 is 0. The standard InChI is InChI=1S/C11H13FN2O2/c1-7(2)6-13-10-4-8(3)9(12)5-11(10)14(15)16/h4-5,13H,1,6H2,2-3H3. The molecule has 0 spiro atoms. The smallest absolute Gasteiger partial charge is 0.295 e. The number of hydrogen-bond donors (Lipinski definition) is 1. The molecule has 86 valence electrons. The number of benzene rings is 1. The Hall–Kier alpha value is -1.91. The summed E-state index contributed by atoms with van der Waals surface area (Å²) in [6, 6.07) is 2.35. The van der Waals surface area contributed by atoms with E-state index < -0.39 is 10.7 Å². The molecule has 0 aliphatic heterocycles. The molecule has 1 rings (SSSR count). The van der Waals surface area contributed by atoms with Crippen LogP contribution >= 0.6 is 0 Å². The van der Waals surface area contributed by atoms with E-state index in [1.54, 1.807) is 13.8 Å². The quantitative estimate of drug-likeness (QED) is 0.486. The zero-order valence-corrected chi connectivity index (χ0v) is 9.21. The van der Waals surface area contributed by atoms with Crippen LogP contribution < -0.4 is 5.32 Å². The van der Waals surface area contributed by atoms with Crippen molar-refractivity contribution in [2.24, 2.45) is 0 Å². The number of nitrogens with zero attached hydrogens (tertiary/aromatic N) is 1. The maximum atomic E-state index is 13.2. The number of rotatable bonds is 4. The largest absolute Gasteiger partial charge is 0.376 e. The fourth-order valence-corrected chi connectivity index (χ4v) is 1.21. The monoisotopic (exact) mass is 224 g/mol. The van der Waals surface area contributed by atoms with Gasteiger partial charge in [-0.15, -0.1) is 0 Å². The van der Waals surface area contributed by atoms with Gasteiger partial charge in [-0.05, 0) is 25.5 Å². The van der Waals surface area contributed by atoms with Crippen molar-refractivity contribution in [1.29, 1.82) is 0 Å². The number of halogens is 1. The van der Waals surface area contributed by atoms with Crippen molar-refractivity contribution in [3.8, 4) is 0 Å². The topological polar surface area (TPSA) is 55.2 Å². The van der Waals surface area contributed by atoms with Crippen LogP contribution in [-0.2, 0) is 0 Å². The van der Waals surface area contributed by atoms with E-state index in [1.165, 1.54) is 6.07 Å². The third-order valence-electron chi connectivity index (χ3n) is 2.05. The lowest BCUT2D eigenvalue weighted by atomic mass is 10.1. The highest BCUT2D eigenvalue weighted by atomic mass is 19.1. The molecule has 0 amide bonds. The number of nitro groups is 1. The van der Waals surface area contributed by atoms with E-state index in [1.807, 2.05) is 0 Å². The van der Waals surface area contributed by atoms with Gasteiger partial charge in [-0.1, -0.05) is 12.2 Å². The van der Waals surface area contributed by atoms with Crippen molar-refractivity contribution in [3.05, 3.63) is 45.8 Å². The zero-order chi connectivity index (χ0) is 12.3. The summed E-state index contributed by atoms with van der Waals surface area (Å²) < 4.78 is 13.2. The summed E-state index contributed by atoms with van der Waals surface area (Å²) in [6.45, 7) is 7.46. The van der Waals surface area contributed by atoms with Crippen LogP contribution in [0, 0.1) is 22.9 Å². The molecule has 0 aliphatic rings. The van der Waals surface area contributed by atoms with Gasteiger partial charge in [0.25, 0.3) is 5.69 Å². The van der Waals surface area contributed by atoms with Gasteiger partial charge in [0.15, 0.2) is 0 Å². The van der Waals surface area contributed by atoms with E-state index in [4.69, 9.17) is 0 Å². The van der Waals surface area contributed by atoms with E-state index in [2.05, 4.69) is 11.9 Å². The summed E-state index contributed by atoms with van der Waals surface area (Å²) in [5.41, 5.74) is 1.27. The van der Waals surface area contributed by atoms with E-state index in [9.17, 15) is 14.5 Å². The predicted octanol–water partition coefficient (Wildman–Crippen LogP) is 3.03. The van der Waals surface area contributed by atoms with Gasteiger partial charge in [-0.25, -0.2) is 4.39 Å². The van der Waals surface area contributed by atoms with E-state index in [0.717, 1.165) is 11.6 Å². The number of anilines is 1. The normalized spacial score (nSPS) is 9.94. The minimum absolute atomic E-state index is 0.260. The summed E-state index contributed by atoms with van der Waals surface area (Å²) in [4.78, 5) is 10.1. The van der Waals surface area contributed by atoms with Crippen LogP contribution in [0.3, 0.4) is 0 Å². The van der Waals surface area contributed by atoms with Gasteiger partial charge in [0, 0.05) is 6.54 Å². The maximum Gasteiger partial charge on any atom is 0.295 e. The van der Waals surface area contributed by atoms with E-state index >= 15 is 0 Å². The fraction of sp³-hybridized carbons (Fsp3) is 0.273. The molecule has 1 aromatic carbocycles. The molecule has 1 N–H and O–H groups in total.